The topological polar surface area (TPSA) is 81.1 Å². The van der Waals surface area contributed by atoms with Crippen LogP contribution in [0.15, 0.2) is 28.7 Å². The SMILES string of the molecule is Nc1cc(C=O)c(Nc2ccc(Br)cc2F)c(F)c1N. The predicted molar refractivity (Wildman–Crippen MR) is 78.0 cm³/mol. The minimum atomic E-state index is -0.894. The van der Waals surface area contributed by atoms with Crippen molar-refractivity contribution >= 4 is 45.0 Å². The molecule has 0 bridgehead atoms. The Balaban J connectivity index is 2.53. The quantitative estimate of drug-likeness (QED) is 0.590. The molecule has 0 heterocycles. The summed E-state index contributed by atoms with van der Waals surface area (Å²) in [6.45, 7) is 0. The Morgan fingerprint density at radius 3 is 2.50 bits per heavy atom. The summed E-state index contributed by atoms with van der Waals surface area (Å²) < 4.78 is 28.3. The molecule has 0 atom stereocenters. The fourth-order valence-electron chi connectivity index (χ4n) is 1.65. The summed E-state index contributed by atoms with van der Waals surface area (Å²) in [4.78, 5) is 11.0. The van der Waals surface area contributed by atoms with Gasteiger partial charge in [0.2, 0.25) is 0 Å². The number of aldehydes is 1. The van der Waals surface area contributed by atoms with Gasteiger partial charge in [-0.1, -0.05) is 15.9 Å². The van der Waals surface area contributed by atoms with Crippen molar-refractivity contribution in [3.8, 4) is 0 Å². The molecule has 0 aliphatic carbocycles. The van der Waals surface area contributed by atoms with Crippen LogP contribution in [-0.4, -0.2) is 6.29 Å². The summed E-state index contributed by atoms with van der Waals surface area (Å²) in [6.07, 6.45) is 0.415. The van der Waals surface area contributed by atoms with Gasteiger partial charge in [0.15, 0.2) is 12.1 Å². The van der Waals surface area contributed by atoms with E-state index >= 15 is 0 Å². The second kappa shape index (κ2) is 5.46. The van der Waals surface area contributed by atoms with Gasteiger partial charge in [-0.15, -0.1) is 0 Å². The van der Waals surface area contributed by atoms with Gasteiger partial charge >= 0.3 is 0 Å². The maximum absolute atomic E-state index is 14.0. The normalized spacial score (nSPS) is 10.3. The summed E-state index contributed by atoms with van der Waals surface area (Å²) >= 11 is 3.11. The first kappa shape index (κ1) is 14.3. The molecule has 0 spiro atoms. The number of carbonyl (C=O) groups excluding carboxylic acids is 1. The van der Waals surface area contributed by atoms with Crippen LogP contribution in [0.4, 0.5) is 31.5 Å². The molecule has 2 aromatic carbocycles. The van der Waals surface area contributed by atoms with Gasteiger partial charge < -0.3 is 16.8 Å². The largest absolute Gasteiger partial charge is 0.397 e. The highest BCUT2D eigenvalue weighted by atomic mass is 79.9. The van der Waals surface area contributed by atoms with E-state index in [-0.39, 0.29) is 28.3 Å². The highest BCUT2D eigenvalue weighted by molar-refractivity contribution is 9.10. The number of benzene rings is 2. The molecular weight excluding hydrogens is 332 g/mol. The molecule has 2 rings (SSSR count). The lowest BCUT2D eigenvalue weighted by Crippen LogP contribution is -2.06. The summed E-state index contributed by atoms with van der Waals surface area (Å²) in [6, 6.07) is 5.41. The molecule has 7 heteroatoms. The van der Waals surface area contributed by atoms with Crippen molar-refractivity contribution in [1.82, 2.24) is 0 Å². The molecule has 4 nitrogen and oxygen atoms in total. The third kappa shape index (κ3) is 2.57. The molecule has 0 aromatic heterocycles. The minimum absolute atomic E-state index is 0.0133. The summed E-state index contributed by atoms with van der Waals surface area (Å²) in [5.74, 6) is -1.50. The number of nitrogens with one attached hydrogen (secondary N) is 1. The zero-order valence-corrected chi connectivity index (χ0v) is 11.7. The molecule has 104 valence electrons. The number of hydrogen-bond acceptors (Lipinski definition) is 4. The number of hydrogen-bond donors (Lipinski definition) is 3. The van der Waals surface area contributed by atoms with Crippen LogP contribution in [0.2, 0.25) is 0 Å². The van der Waals surface area contributed by atoms with E-state index < -0.39 is 11.6 Å². The molecule has 0 aliphatic heterocycles. The first-order chi connectivity index (χ1) is 9.43. The second-order valence-electron chi connectivity index (χ2n) is 4.02. The van der Waals surface area contributed by atoms with Crippen LogP contribution in [0.25, 0.3) is 0 Å². The lowest BCUT2D eigenvalue weighted by molar-refractivity contribution is 0.112. The zero-order chi connectivity index (χ0) is 14.9. The molecule has 0 aliphatic rings. The van der Waals surface area contributed by atoms with Gasteiger partial charge in [-0.25, -0.2) is 8.78 Å². The summed E-state index contributed by atoms with van der Waals surface area (Å²) in [7, 11) is 0. The van der Waals surface area contributed by atoms with E-state index in [1.807, 2.05) is 0 Å². The first-order valence-corrected chi connectivity index (χ1v) is 6.28. The predicted octanol–water partition coefficient (Wildman–Crippen LogP) is 3.45. The van der Waals surface area contributed by atoms with Crippen LogP contribution >= 0.6 is 15.9 Å². The minimum Gasteiger partial charge on any atom is -0.397 e. The Morgan fingerprint density at radius 2 is 1.90 bits per heavy atom. The van der Waals surface area contributed by atoms with Gasteiger partial charge in [0.25, 0.3) is 0 Å². The maximum Gasteiger partial charge on any atom is 0.172 e. The Kier molecular flexibility index (Phi) is 3.89. The van der Waals surface area contributed by atoms with E-state index in [1.165, 1.54) is 18.2 Å². The van der Waals surface area contributed by atoms with Crippen molar-refractivity contribution < 1.29 is 13.6 Å². The highest BCUT2D eigenvalue weighted by Crippen LogP contribution is 2.32. The van der Waals surface area contributed by atoms with Gasteiger partial charge in [0, 0.05) is 10.0 Å². The molecule has 20 heavy (non-hydrogen) atoms. The van der Waals surface area contributed by atoms with Crippen molar-refractivity contribution in [3.05, 3.63) is 45.9 Å². The molecule has 0 saturated heterocycles. The lowest BCUT2D eigenvalue weighted by atomic mass is 10.1. The van der Waals surface area contributed by atoms with Crippen molar-refractivity contribution in [2.75, 3.05) is 16.8 Å². The Hall–Kier alpha value is -2.15. The average molecular weight is 342 g/mol. The third-order valence-electron chi connectivity index (χ3n) is 2.68. The molecule has 0 unspecified atom stereocenters. The van der Waals surface area contributed by atoms with Gasteiger partial charge in [-0.05, 0) is 24.3 Å². The molecule has 5 N–H and O–H groups in total. The van der Waals surface area contributed by atoms with E-state index in [4.69, 9.17) is 11.5 Å². The number of anilines is 4. The van der Waals surface area contributed by atoms with E-state index in [1.54, 1.807) is 6.07 Å². The van der Waals surface area contributed by atoms with Crippen LogP contribution < -0.4 is 16.8 Å². The number of halogens is 3. The number of nitrogens with two attached hydrogens (primary N) is 2. The smallest absolute Gasteiger partial charge is 0.172 e. The first-order valence-electron chi connectivity index (χ1n) is 5.48. The monoisotopic (exact) mass is 341 g/mol. The number of nitrogen functional groups attached to an aromatic ring is 2. The third-order valence-corrected chi connectivity index (χ3v) is 3.18. The van der Waals surface area contributed by atoms with Crippen LogP contribution in [0.1, 0.15) is 10.4 Å². The standard InChI is InChI=1S/C13H10BrF2N3O/c14-7-1-2-10(8(15)4-7)19-13-6(5-20)3-9(17)12(18)11(13)16/h1-5,19H,17-18H2. The highest BCUT2D eigenvalue weighted by Gasteiger charge is 2.16. The van der Waals surface area contributed by atoms with Crippen LogP contribution in [-0.2, 0) is 0 Å². The van der Waals surface area contributed by atoms with E-state index in [9.17, 15) is 13.6 Å². The Labute approximate surface area is 121 Å². The number of rotatable bonds is 3. The maximum atomic E-state index is 14.0. The zero-order valence-electron chi connectivity index (χ0n) is 10.1. The fourth-order valence-corrected chi connectivity index (χ4v) is 1.98. The van der Waals surface area contributed by atoms with Crippen LogP contribution in [0, 0.1) is 11.6 Å². The lowest BCUT2D eigenvalue weighted by Gasteiger charge is -2.14. The van der Waals surface area contributed by atoms with Gasteiger partial charge in [0.05, 0.1) is 22.7 Å². The molecule has 0 saturated carbocycles. The second-order valence-corrected chi connectivity index (χ2v) is 4.94. The van der Waals surface area contributed by atoms with Crippen molar-refractivity contribution in [3.63, 3.8) is 0 Å². The average Bonchev–Trinajstić information content (AvgIpc) is 2.41. The molecule has 0 fully saturated rings. The van der Waals surface area contributed by atoms with Gasteiger partial charge in [-0.3, -0.25) is 4.79 Å². The molecule has 2 aromatic rings. The van der Waals surface area contributed by atoms with Crippen LogP contribution in [0.5, 0.6) is 0 Å². The van der Waals surface area contributed by atoms with Crippen molar-refractivity contribution in [2.24, 2.45) is 0 Å². The van der Waals surface area contributed by atoms with Crippen molar-refractivity contribution in [2.45, 2.75) is 0 Å². The van der Waals surface area contributed by atoms with E-state index in [0.29, 0.717) is 10.8 Å². The summed E-state index contributed by atoms with van der Waals surface area (Å²) in [5.41, 5.74) is 10.4. The van der Waals surface area contributed by atoms with E-state index in [0.717, 1.165) is 0 Å². The van der Waals surface area contributed by atoms with Gasteiger partial charge in [-0.2, -0.15) is 0 Å². The molecule has 0 amide bonds. The Morgan fingerprint density at radius 1 is 1.20 bits per heavy atom. The number of carbonyl (C=O) groups is 1. The molecular formula is C13H10BrF2N3O. The van der Waals surface area contributed by atoms with Crippen molar-refractivity contribution in [1.29, 1.82) is 0 Å². The van der Waals surface area contributed by atoms with Gasteiger partial charge in [0.1, 0.15) is 5.82 Å². The fraction of sp³-hybridized carbons (Fsp3) is 0. The summed E-state index contributed by atoms with van der Waals surface area (Å²) in [5, 5.41) is 2.52. The van der Waals surface area contributed by atoms with Crippen LogP contribution in [0.3, 0.4) is 0 Å². The molecule has 0 radical (unpaired) electrons. The van der Waals surface area contributed by atoms with E-state index in [2.05, 4.69) is 21.2 Å². The Bertz CT molecular complexity index is 692.